The van der Waals surface area contributed by atoms with Gasteiger partial charge in [0, 0.05) is 86.1 Å². The highest BCUT2D eigenvalue weighted by Gasteiger charge is 2.25. The summed E-state index contributed by atoms with van der Waals surface area (Å²) < 4.78 is 7.20. The van der Waals surface area contributed by atoms with Gasteiger partial charge in [-0.25, -0.2) is 14.3 Å². The predicted molar refractivity (Wildman–Crippen MR) is 175 cm³/mol. The van der Waals surface area contributed by atoms with E-state index in [1.54, 1.807) is 17.5 Å². The highest BCUT2D eigenvalue weighted by atomic mass is 32.1. The number of likely N-dealkylation sites (N-methyl/N-ethyl adjacent to an activating group) is 2. The molecule has 0 unspecified atom stereocenters. The Morgan fingerprint density at radius 2 is 1.44 bits per heavy atom. The van der Waals surface area contributed by atoms with Crippen molar-refractivity contribution in [3.8, 4) is 22.5 Å². The number of benzene rings is 1. The number of carbonyl (C=O) groups excluding carboxylic acids is 1. The second kappa shape index (κ2) is 11.5. The molecule has 6 rings (SSSR count). The number of hydrogen-bond donors (Lipinski definition) is 0. The first-order chi connectivity index (χ1) is 20.5. The summed E-state index contributed by atoms with van der Waals surface area (Å²) in [4.78, 5) is 27.8. The van der Waals surface area contributed by atoms with Gasteiger partial charge in [-0.1, -0.05) is 0 Å². The van der Waals surface area contributed by atoms with Gasteiger partial charge in [0.15, 0.2) is 10.8 Å². The Kier molecular flexibility index (Phi) is 7.91. The Morgan fingerprint density at radius 1 is 0.837 bits per heavy atom. The lowest BCUT2D eigenvalue weighted by molar-refractivity contribution is 0.0543. The van der Waals surface area contributed by atoms with Crippen LogP contribution >= 0.6 is 11.3 Å². The number of thiazole rings is 1. The predicted octanol–water partition coefficient (Wildman–Crippen LogP) is 5.13. The molecule has 2 saturated heterocycles. The number of piperazine rings is 2. The molecule has 2 fully saturated rings. The number of rotatable bonds is 4. The molecule has 43 heavy (non-hydrogen) atoms. The highest BCUT2D eigenvalue weighted by Crippen LogP contribution is 2.36. The molecule has 1 aromatic carbocycles. The van der Waals surface area contributed by atoms with Crippen LogP contribution in [0, 0.1) is 13.8 Å². The van der Waals surface area contributed by atoms with Gasteiger partial charge in [0.05, 0.1) is 11.4 Å². The van der Waals surface area contributed by atoms with Crippen molar-refractivity contribution in [2.24, 2.45) is 0 Å². The maximum Gasteiger partial charge on any atom is 0.420 e. The van der Waals surface area contributed by atoms with E-state index in [1.165, 1.54) is 21.4 Å². The number of carbonyl (C=O) groups is 1. The largest absolute Gasteiger partial charge is 0.443 e. The molecule has 3 aromatic heterocycles. The Bertz CT molecular complexity index is 1620. The van der Waals surface area contributed by atoms with Gasteiger partial charge < -0.3 is 24.3 Å². The van der Waals surface area contributed by atoms with Crippen LogP contribution in [0.15, 0.2) is 29.8 Å². The molecule has 0 N–H and O–H groups in total. The molecule has 11 heteroatoms. The Hall–Kier alpha value is -3.54. The summed E-state index contributed by atoms with van der Waals surface area (Å²) in [6, 6.07) is 6.45. The molecular formula is C32H42N8O2S. The van der Waals surface area contributed by atoms with Crippen molar-refractivity contribution < 1.29 is 9.53 Å². The zero-order valence-electron chi connectivity index (χ0n) is 26.3. The number of anilines is 2. The lowest BCUT2D eigenvalue weighted by Gasteiger charge is -2.36. The van der Waals surface area contributed by atoms with Crippen LogP contribution in [0.25, 0.3) is 33.5 Å². The number of aryl methyl sites for hydroxylation is 2. The van der Waals surface area contributed by atoms with Gasteiger partial charge in [-0.3, -0.25) is 0 Å². The molecule has 0 saturated carbocycles. The van der Waals surface area contributed by atoms with E-state index in [4.69, 9.17) is 9.72 Å². The van der Waals surface area contributed by atoms with Crippen LogP contribution in [0.4, 0.5) is 15.6 Å². The minimum Gasteiger partial charge on any atom is -0.443 e. The quantitative estimate of drug-likeness (QED) is 0.316. The van der Waals surface area contributed by atoms with Crippen LogP contribution in [0.3, 0.4) is 0 Å². The molecule has 228 valence electrons. The lowest BCUT2D eigenvalue weighted by Crippen LogP contribution is -2.45. The monoisotopic (exact) mass is 602 g/mol. The van der Waals surface area contributed by atoms with Crippen molar-refractivity contribution in [2.75, 3.05) is 76.3 Å². The van der Waals surface area contributed by atoms with E-state index in [2.05, 4.69) is 75.3 Å². The molecular weight excluding hydrogens is 560 g/mol. The summed E-state index contributed by atoms with van der Waals surface area (Å²) in [6.07, 6.45) is 1.32. The highest BCUT2D eigenvalue weighted by molar-refractivity contribution is 7.14. The second-order valence-electron chi connectivity index (χ2n) is 12.9. The summed E-state index contributed by atoms with van der Waals surface area (Å²) in [5.74, 6) is 0. The van der Waals surface area contributed by atoms with Crippen LogP contribution in [-0.2, 0) is 4.74 Å². The summed E-state index contributed by atoms with van der Waals surface area (Å²) in [5, 5.41) is 13.1. The minimum atomic E-state index is -0.642. The van der Waals surface area contributed by atoms with Gasteiger partial charge in [0.1, 0.15) is 5.60 Å². The Morgan fingerprint density at radius 3 is 2.05 bits per heavy atom. The van der Waals surface area contributed by atoms with E-state index >= 15 is 0 Å². The molecule has 2 aliphatic heterocycles. The zero-order chi connectivity index (χ0) is 30.5. The molecule has 4 aromatic rings. The SMILES string of the molecule is Cc1cc(-c2cc3c(-c4csc(N5CCN(C)CC5)n4)cn(C(=O)OC(C)(C)C)c3nn2)cc(C)c1N1CCN(C)CC1. The van der Waals surface area contributed by atoms with Crippen molar-refractivity contribution in [3.63, 3.8) is 0 Å². The summed E-state index contributed by atoms with van der Waals surface area (Å²) in [7, 11) is 4.33. The topological polar surface area (TPSA) is 82.9 Å². The summed E-state index contributed by atoms with van der Waals surface area (Å²) >= 11 is 1.64. The van der Waals surface area contributed by atoms with E-state index in [1.807, 2.05) is 26.8 Å². The van der Waals surface area contributed by atoms with Crippen molar-refractivity contribution in [2.45, 2.75) is 40.2 Å². The molecule has 10 nitrogen and oxygen atoms in total. The molecule has 5 heterocycles. The first-order valence-corrected chi connectivity index (χ1v) is 15.9. The molecule has 2 aliphatic rings. The number of nitrogens with zero attached hydrogens (tertiary/aromatic N) is 8. The van der Waals surface area contributed by atoms with E-state index in [0.29, 0.717) is 5.65 Å². The van der Waals surface area contributed by atoms with Gasteiger partial charge in [-0.2, -0.15) is 0 Å². The standard InChI is InChI=1S/C32H42N8O2S/c1-21-16-23(17-22(2)28(21)38-12-8-36(6)9-13-38)26-18-24-25(19-40(29(24)35-34-26)31(41)42-32(3,4)5)27-20-43-30(33-27)39-14-10-37(7)11-15-39/h16-20H,8-15H2,1-7H3. The first-order valence-electron chi connectivity index (χ1n) is 15.0. The van der Waals surface area contributed by atoms with Crippen LogP contribution in [0.1, 0.15) is 31.9 Å². The molecule has 0 amide bonds. The fraction of sp³-hybridized carbons (Fsp3) is 0.500. The third kappa shape index (κ3) is 6.11. The lowest BCUT2D eigenvalue weighted by atomic mass is 10.00. The van der Waals surface area contributed by atoms with Gasteiger partial charge in [-0.05, 0) is 78.0 Å². The smallest absolute Gasteiger partial charge is 0.420 e. The first kappa shape index (κ1) is 29.5. The Labute approximate surface area is 257 Å². The summed E-state index contributed by atoms with van der Waals surface area (Å²) in [5.41, 5.74) is 7.02. The second-order valence-corrected chi connectivity index (χ2v) is 13.8. The molecule has 0 atom stereocenters. The maximum absolute atomic E-state index is 13.3. The maximum atomic E-state index is 13.3. The van der Waals surface area contributed by atoms with Crippen LogP contribution in [0.2, 0.25) is 0 Å². The van der Waals surface area contributed by atoms with Crippen molar-refractivity contribution in [3.05, 3.63) is 40.9 Å². The van der Waals surface area contributed by atoms with E-state index in [9.17, 15) is 4.79 Å². The number of fused-ring (bicyclic) bond motifs is 1. The molecule has 0 bridgehead atoms. The Balaban J connectivity index is 1.40. The van der Waals surface area contributed by atoms with Crippen molar-refractivity contribution in [1.82, 2.24) is 29.5 Å². The third-order valence-electron chi connectivity index (χ3n) is 8.29. The van der Waals surface area contributed by atoms with Gasteiger partial charge in [0.2, 0.25) is 0 Å². The fourth-order valence-electron chi connectivity index (χ4n) is 5.98. The van der Waals surface area contributed by atoms with E-state index in [0.717, 1.165) is 85.4 Å². The number of ether oxygens (including phenoxy) is 1. The number of aromatic nitrogens is 4. The van der Waals surface area contributed by atoms with Gasteiger partial charge >= 0.3 is 6.09 Å². The van der Waals surface area contributed by atoms with Crippen LogP contribution in [-0.4, -0.2) is 108 Å². The van der Waals surface area contributed by atoms with Gasteiger partial charge in [-0.15, -0.1) is 21.5 Å². The van der Waals surface area contributed by atoms with Crippen LogP contribution < -0.4 is 9.80 Å². The fourth-order valence-corrected chi connectivity index (χ4v) is 6.86. The summed E-state index contributed by atoms with van der Waals surface area (Å²) in [6.45, 7) is 18.0. The van der Waals surface area contributed by atoms with Crippen LogP contribution in [0.5, 0.6) is 0 Å². The molecule has 0 aliphatic carbocycles. The van der Waals surface area contributed by atoms with E-state index < -0.39 is 11.7 Å². The molecule has 0 spiro atoms. The average Bonchev–Trinajstić information content (AvgIpc) is 3.58. The third-order valence-corrected chi connectivity index (χ3v) is 9.19. The average molecular weight is 603 g/mol. The number of hydrogen-bond acceptors (Lipinski definition) is 10. The van der Waals surface area contributed by atoms with E-state index in [-0.39, 0.29) is 0 Å². The van der Waals surface area contributed by atoms with Gasteiger partial charge in [0.25, 0.3) is 0 Å². The van der Waals surface area contributed by atoms with Crippen molar-refractivity contribution >= 4 is 39.3 Å². The van der Waals surface area contributed by atoms with Crippen molar-refractivity contribution in [1.29, 1.82) is 0 Å². The molecule has 0 radical (unpaired) electrons. The zero-order valence-corrected chi connectivity index (χ0v) is 27.2. The normalized spacial score (nSPS) is 17.2. The minimum absolute atomic E-state index is 0.463.